The van der Waals surface area contributed by atoms with Crippen LogP contribution >= 0.6 is 23.2 Å². The van der Waals surface area contributed by atoms with Crippen molar-refractivity contribution in [1.82, 2.24) is 29.5 Å². The fourth-order valence-electron chi connectivity index (χ4n) is 4.65. The molecule has 0 N–H and O–H groups in total. The SMILES string of the molecule is CCOc1cccc(-n2ncnc2C2=C(C)N(C(=O)OC(C)(C)C)c3cc(C(F)(F)F)nn3[C@@H]2c2ccc(Cl)c(Cl)c2)n1. The van der Waals surface area contributed by atoms with Crippen molar-refractivity contribution in [2.75, 3.05) is 11.5 Å². The number of ether oxygens (including phenoxy) is 2. The molecule has 15 heteroatoms. The van der Waals surface area contributed by atoms with Crippen molar-refractivity contribution in [3.63, 3.8) is 0 Å². The molecule has 1 aromatic carbocycles. The number of amides is 1. The van der Waals surface area contributed by atoms with Gasteiger partial charge in [-0.2, -0.15) is 33.0 Å². The molecule has 3 aromatic heterocycles. The van der Waals surface area contributed by atoms with Crippen LogP contribution < -0.4 is 9.64 Å². The summed E-state index contributed by atoms with van der Waals surface area (Å²) in [5.41, 5.74) is -1.23. The first-order valence-electron chi connectivity index (χ1n) is 13.1. The largest absolute Gasteiger partial charge is 0.478 e. The Morgan fingerprint density at radius 2 is 1.81 bits per heavy atom. The molecule has 43 heavy (non-hydrogen) atoms. The molecule has 1 aliphatic heterocycles. The summed E-state index contributed by atoms with van der Waals surface area (Å²) in [5, 5.41) is 8.70. The quantitative estimate of drug-likeness (QED) is 0.226. The average Bonchev–Trinajstić information content (AvgIpc) is 3.57. The van der Waals surface area contributed by atoms with Gasteiger partial charge >= 0.3 is 12.3 Å². The number of alkyl halides is 3. The zero-order valence-corrected chi connectivity index (χ0v) is 25.2. The Hall–Kier alpha value is -4.10. The third-order valence-electron chi connectivity index (χ3n) is 6.32. The molecule has 10 nitrogen and oxygen atoms in total. The van der Waals surface area contributed by atoms with E-state index in [1.54, 1.807) is 52.0 Å². The second kappa shape index (κ2) is 11.2. The summed E-state index contributed by atoms with van der Waals surface area (Å²) in [6.45, 7) is 8.73. The van der Waals surface area contributed by atoms with Gasteiger partial charge in [0.15, 0.2) is 17.3 Å². The van der Waals surface area contributed by atoms with Gasteiger partial charge in [0, 0.05) is 23.4 Å². The van der Waals surface area contributed by atoms with Crippen molar-refractivity contribution in [2.24, 2.45) is 0 Å². The normalized spacial score (nSPS) is 15.5. The number of pyridine rings is 1. The minimum Gasteiger partial charge on any atom is -0.478 e. The van der Waals surface area contributed by atoms with Crippen molar-refractivity contribution >= 4 is 40.7 Å². The van der Waals surface area contributed by atoms with Gasteiger partial charge in [0.25, 0.3) is 0 Å². The van der Waals surface area contributed by atoms with Gasteiger partial charge in [-0.05, 0) is 58.4 Å². The van der Waals surface area contributed by atoms with E-state index in [0.29, 0.717) is 23.9 Å². The number of rotatable bonds is 5. The van der Waals surface area contributed by atoms with E-state index in [1.807, 2.05) is 6.92 Å². The summed E-state index contributed by atoms with van der Waals surface area (Å²) < 4.78 is 55.8. The molecule has 1 aliphatic rings. The molecule has 0 radical (unpaired) electrons. The summed E-state index contributed by atoms with van der Waals surface area (Å²) in [6, 6.07) is 9.46. The summed E-state index contributed by atoms with van der Waals surface area (Å²) in [4.78, 5) is 23.6. The number of hydrogen-bond acceptors (Lipinski definition) is 7. The van der Waals surface area contributed by atoms with Crippen LogP contribution in [0, 0.1) is 0 Å². The molecule has 1 amide bonds. The van der Waals surface area contributed by atoms with E-state index in [0.717, 1.165) is 15.6 Å². The summed E-state index contributed by atoms with van der Waals surface area (Å²) >= 11 is 12.6. The van der Waals surface area contributed by atoms with Crippen LogP contribution in [0.1, 0.15) is 57.7 Å². The number of carbonyl (C=O) groups excluding carboxylic acids is 1. The lowest BCUT2D eigenvalue weighted by atomic mass is 9.94. The topological polar surface area (TPSA) is 100 Å². The number of carbonyl (C=O) groups is 1. The predicted molar refractivity (Wildman–Crippen MR) is 153 cm³/mol. The van der Waals surface area contributed by atoms with Crippen LogP contribution in [0.15, 0.2) is 54.5 Å². The highest BCUT2D eigenvalue weighted by molar-refractivity contribution is 6.42. The molecular weight excluding hydrogens is 610 g/mol. The van der Waals surface area contributed by atoms with E-state index in [2.05, 4.69) is 20.2 Å². The fourth-order valence-corrected chi connectivity index (χ4v) is 4.95. The number of nitrogens with zero attached hydrogens (tertiary/aromatic N) is 7. The standard InChI is InChI=1S/C28H26Cl2F3N7O3/c1-6-42-21-9-7-8-20(36-21)39-25(34-14-35-39)23-15(2)38(26(41)43-27(3,4)5)22-13-19(28(31,32)33)37-40(22)24(23)16-10-11-17(29)18(30)12-16/h7-14,24H,6H2,1-5H3/t24-/m1/s1. The minimum absolute atomic E-state index is 0.165. The molecule has 0 unspecified atom stereocenters. The smallest absolute Gasteiger partial charge is 0.435 e. The lowest BCUT2D eigenvalue weighted by Crippen LogP contribution is -2.41. The number of anilines is 1. The monoisotopic (exact) mass is 635 g/mol. The molecule has 0 saturated carbocycles. The third kappa shape index (κ3) is 5.91. The molecule has 5 rings (SSSR count). The molecule has 1 atom stereocenters. The van der Waals surface area contributed by atoms with Crippen LogP contribution in [0.4, 0.5) is 23.8 Å². The molecule has 0 saturated heterocycles. The molecule has 0 aliphatic carbocycles. The molecule has 0 bridgehead atoms. The van der Waals surface area contributed by atoms with Crippen molar-refractivity contribution in [3.8, 4) is 11.7 Å². The van der Waals surface area contributed by atoms with Gasteiger partial charge in [0.1, 0.15) is 23.8 Å². The average molecular weight is 636 g/mol. The van der Waals surface area contributed by atoms with Crippen LogP contribution in [0.25, 0.3) is 11.4 Å². The number of fused-ring (bicyclic) bond motifs is 1. The number of allylic oxidation sites excluding steroid dienone is 2. The molecule has 0 fully saturated rings. The Kier molecular flexibility index (Phi) is 7.90. The van der Waals surface area contributed by atoms with Crippen LogP contribution in [-0.2, 0) is 10.9 Å². The van der Waals surface area contributed by atoms with Crippen LogP contribution in [0.5, 0.6) is 5.88 Å². The van der Waals surface area contributed by atoms with Crippen LogP contribution in [-0.4, -0.2) is 47.8 Å². The maximum absolute atomic E-state index is 14.1. The maximum Gasteiger partial charge on any atom is 0.435 e. The summed E-state index contributed by atoms with van der Waals surface area (Å²) in [6.07, 6.45) is -4.45. The van der Waals surface area contributed by atoms with E-state index in [1.165, 1.54) is 23.1 Å². The fraction of sp³-hybridized carbons (Fsp3) is 0.321. The van der Waals surface area contributed by atoms with Crippen molar-refractivity contribution in [2.45, 2.75) is 52.4 Å². The van der Waals surface area contributed by atoms with Crippen molar-refractivity contribution < 1.29 is 27.4 Å². The molecule has 4 heterocycles. The number of halogens is 5. The first-order valence-corrected chi connectivity index (χ1v) is 13.8. The maximum atomic E-state index is 14.1. The number of benzene rings is 1. The minimum atomic E-state index is -4.82. The zero-order chi connectivity index (χ0) is 31.3. The van der Waals surface area contributed by atoms with E-state index >= 15 is 0 Å². The van der Waals surface area contributed by atoms with Crippen LogP contribution in [0.2, 0.25) is 10.0 Å². The second-order valence-corrected chi connectivity index (χ2v) is 11.3. The van der Waals surface area contributed by atoms with Gasteiger partial charge in [-0.3, -0.25) is 0 Å². The van der Waals surface area contributed by atoms with Gasteiger partial charge in [0.05, 0.1) is 16.7 Å². The first kappa shape index (κ1) is 30.4. The van der Waals surface area contributed by atoms with Crippen LogP contribution in [0.3, 0.4) is 0 Å². The first-order chi connectivity index (χ1) is 20.2. The lowest BCUT2D eigenvalue weighted by Gasteiger charge is -2.36. The Morgan fingerprint density at radius 3 is 2.47 bits per heavy atom. The highest BCUT2D eigenvalue weighted by Crippen LogP contribution is 2.46. The Morgan fingerprint density at radius 1 is 1.07 bits per heavy atom. The van der Waals surface area contributed by atoms with Gasteiger partial charge in [-0.25, -0.2) is 19.4 Å². The van der Waals surface area contributed by atoms with Gasteiger partial charge < -0.3 is 9.47 Å². The number of hydrogen-bond donors (Lipinski definition) is 0. The van der Waals surface area contributed by atoms with Gasteiger partial charge in [0.2, 0.25) is 5.88 Å². The second-order valence-electron chi connectivity index (χ2n) is 10.5. The highest BCUT2D eigenvalue weighted by atomic mass is 35.5. The molecular formula is C28H26Cl2F3N7O3. The van der Waals surface area contributed by atoms with Gasteiger partial charge in [-0.1, -0.05) is 35.3 Å². The Labute approximate surface area is 254 Å². The van der Waals surface area contributed by atoms with Crippen molar-refractivity contribution in [3.05, 3.63) is 81.6 Å². The predicted octanol–water partition coefficient (Wildman–Crippen LogP) is 7.36. The highest BCUT2D eigenvalue weighted by Gasteiger charge is 2.44. The molecule has 4 aromatic rings. The van der Waals surface area contributed by atoms with E-state index < -0.39 is 29.6 Å². The molecule has 0 spiro atoms. The number of aromatic nitrogens is 6. The van der Waals surface area contributed by atoms with Gasteiger partial charge in [-0.15, -0.1) is 0 Å². The van der Waals surface area contributed by atoms with E-state index in [9.17, 15) is 18.0 Å². The summed E-state index contributed by atoms with van der Waals surface area (Å²) in [7, 11) is 0. The van der Waals surface area contributed by atoms with E-state index in [-0.39, 0.29) is 33.0 Å². The summed E-state index contributed by atoms with van der Waals surface area (Å²) in [5.74, 6) is 0.661. The van der Waals surface area contributed by atoms with E-state index in [4.69, 9.17) is 32.7 Å². The zero-order valence-electron chi connectivity index (χ0n) is 23.6. The third-order valence-corrected chi connectivity index (χ3v) is 7.06. The Bertz CT molecular complexity index is 1730. The molecule has 226 valence electrons. The lowest BCUT2D eigenvalue weighted by molar-refractivity contribution is -0.141. The van der Waals surface area contributed by atoms with Crippen molar-refractivity contribution in [1.29, 1.82) is 0 Å². The Balaban J connectivity index is 1.81.